The lowest BCUT2D eigenvalue weighted by atomic mass is 10.1. The van der Waals surface area contributed by atoms with E-state index in [9.17, 15) is 9.90 Å². The minimum Gasteiger partial charge on any atom is -0.391 e. The molecule has 1 aromatic heterocycles. The number of para-hydroxylation sites is 1. The SMILES string of the molecule is CCCC(O)CNC(=O)NCc1cn(-c2ccccc2)nc1C(C)C. The Labute approximate surface area is 149 Å². The maximum Gasteiger partial charge on any atom is 0.315 e. The second-order valence-corrected chi connectivity index (χ2v) is 6.48. The molecule has 0 fully saturated rings. The zero-order chi connectivity index (χ0) is 18.2. The van der Waals surface area contributed by atoms with E-state index in [2.05, 4.69) is 29.6 Å². The van der Waals surface area contributed by atoms with Crippen LogP contribution < -0.4 is 10.6 Å². The van der Waals surface area contributed by atoms with Crippen LogP contribution in [-0.2, 0) is 6.54 Å². The number of benzene rings is 1. The first-order valence-corrected chi connectivity index (χ1v) is 8.84. The van der Waals surface area contributed by atoms with E-state index in [1.165, 1.54) is 0 Å². The minimum absolute atomic E-state index is 0.260. The van der Waals surface area contributed by atoms with Crippen molar-refractivity contribution in [1.82, 2.24) is 20.4 Å². The molecule has 2 amide bonds. The highest BCUT2D eigenvalue weighted by Crippen LogP contribution is 2.19. The number of hydrogen-bond acceptors (Lipinski definition) is 3. The van der Waals surface area contributed by atoms with E-state index < -0.39 is 6.10 Å². The monoisotopic (exact) mass is 344 g/mol. The summed E-state index contributed by atoms with van der Waals surface area (Å²) in [5.74, 6) is 0.260. The topological polar surface area (TPSA) is 79.2 Å². The second-order valence-electron chi connectivity index (χ2n) is 6.48. The number of hydrogen-bond donors (Lipinski definition) is 3. The molecule has 0 bridgehead atoms. The van der Waals surface area contributed by atoms with Gasteiger partial charge in [0, 0.05) is 24.8 Å². The van der Waals surface area contributed by atoms with Gasteiger partial charge in [-0.1, -0.05) is 45.4 Å². The van der Waals surface area contributed by atoms with Crippen LogP contribution in [0.25, 0.3) is 5.69 Å². The molecule has 3 N–H and O–H groups in total. The van der Waals surface area contributed by atoms with Gasteiger partial charge < -0.3 is 15.7 Å². The Kier molecular flexibility index (Phi) is 7.01. The molecule has 2 rings (SSSR count). The Hall–Kier alpha value is -2.34. The summed E-state index contributed by atoms with van der Waals surface area (Å²) < 4.78 is 1.84. The van der Waals surface area contributed by atoms with Crippen LogP contribution in [0, 0.1) is 0 Å². The van der Waals surface area contributed by atoms with Gasteiger partial charge in [-0.05, 0) is 24.5 Å². The molecule has 1 heterocycles. The normalized spacial score (nSPS) is 12.2. The Morgan fingerprint density at radius 1 is 1.24 bits per heavy atom. The fourth-order valence-electron chi connectivity index (χ4n) is 2.64. The van der Waals surface area contributed by atoms with E-state index in [1.807, 2.05) is 48.1 Å². The first-order valence-electron chi connectivity index (χ1n) is 8.84. The van der Waals surface area contributed by atoms with Crippen molar-refractivity contribution in [3.8, 4) is 5.69 Å². The number of nitrogens with zero attached hydrogens (tertiary/aromatic N) is 2. The lowest BCUT2D eigenvalue weighted by Gasteiger charge is -2.12. The van der Waals surface area contributed by atoms with Crippen molar-refractivity contribution in [3.05, 3.63) is 47.8 Å². The quantitative estimate of drug-likeness (QED) is 0.689. The van der Waals surface area contributed by atoms with E-state index in [1.54, 1.807) is 0 Å². The van der Waals surface area contributed by atoms with Crippen LogP contribution in [0.1, 0.15) is 50.8 Å². The van der Waals surface area contributed by atoms with E-state index in [4.69, 9.17) is 0 Å². The summed E-state index contributed by atoms with van der Waals surface area (Å²) in [6.45, 7) is 6.84. The average Bonchev–Trinajstić information content (AvgIpc) is 3.04. The molecule has 0 aliphatic rings. The molecule has 0 aliphatic carbocycles. The first kappa shape index (κ1) is 19.0. The van der Waals surface area contributed by atoms with Crippen LogP contribution in [0.2, 0.25) is 0 Å². The average molecular weight is 344 g/mol. The molecule has 0 aliphatic heterocycles. The maximum atomic E-state index is 11.9. The van der Waals surface area contributed by atoms with Crippen LogP contribution in [0.4, 0.5) is 4.79 Å². The minimum atomic E-state index is -0.497. The van der Waals surface area contributed by atoms with Crippen molar-refractivity contribution >= 4 is 6.03 Å². The molecule has 0 radical (unpaired) electrons. The second kappa shape index (κ2) is 9.22. The molecular formula is C19H28N4O2. The number of urea groups is 1. The Bertz CT molecular complexity index is 667. The summed E-state index contributed by atoms with van der Waals surface area (Å²) in [5.41, 5.74) is 2.95. The maximum absolute atomic E-state index is 11.9. The van der Waals surface area contributed by atoms with Crippen LogP contribution >= 0.6 is 0 Å². The number of nitrogens with one attached hydrogen (secondary N) is 2. The highest BCUT2D eigenvalue weighted by atomic mass is 16.3. The molecule has 25 heavy (non-hydrogen) atoms. The lowest BCUT2D eigenvalue weighted by Crippen LogP contribution is -2.39. The molecule has 2 aromatic rings. The Morgan fingerprint density at radius 2 is 1.96 bits per heavy atom. The number of carbonyl (C=O) groups is 1. The van der Waals surface area contributed by atoms with Gasteiger partial charge >= 0.3 is 6.03 Å². The predicted octanol–water partition coefficient (Wildman–Crippen LogP) is 2.96. The van der Waals surface area contributed by atoms with Crippen molar-refractivity contribution in [2.24, 2.45) is 0 Å². The third-order valence-electron chi connectivity index (χ3n) is 3.95. The number of carbonyl (C=O) groups excluding carboxylic acids is 1. The number of rotatable bonds is 8. The summed E-state index contributed by atoms with van der Waals surface area (Å²) in [6, 6.07) is 9.62. The number of aliphatic hydroxyl groups is 1. The summed E-state index contributed by atoms with van der Waals surface area (Å²) in [6.07, 6.45) is 3.03. The van der Waals surface area contributed by atoms with Gasteiger partial charge in [0.2, 0.25) is 0 Å². The molecule has 6 heteroatoms. The fourth-order valence-corrected chi connectivity index (χ4v) is 2.64. The molecule has 6 nitrogen and oxygen atoms in total. The predicted molar refractivity (Wildman–Crippen MR) is 98.8 cm³/mol. The zero-order valence-electron chi connectivity index (χ0n) is 15.2. The Balaban J connectivity index is 1.99. The smallest absolute Gasteiger partial charge is 0.315 e. The lowest BCUT2D eigenvalue weighted by molar-refractivity contribution is 0.160. The van der Waals surface area contributed by atoms with Gasteiger partial charge in [-0.3, -0.25) is 0 Å². The van der Waals surface area contributed by atoms with Crippen molar-refractivity contribution < 1.29 is 9.90 Å². The fraction of sp³-hybridized carbons (Fsp3) is 0.474. The first-order chi connectivity index (χ1) is 12.0. The standard InChI is InChI=1S/C19H28N4O2/c1-4-8-17(24)12-21-19(25)20-11-15-13-23(22-18(15)14(2)3)16-9-6-5-7-10-16/h5-7,9-10,13-14,17,24H,4,8,11-12H2,1-3H3,(H2,20,21,25). The van der Waals surface area contributed by atoms with E-state index >= 15 is 0 Å². The number of aliphatic hydroxyl groups excluding tert-OH is 1. The zero-order valence-corrected chi connectivity index (χ0v) is 15.2. The third-order valence-corrected chi connectivity index (χ3v) is 3.95. The van der Waals surface area contributed by atoms with Gasteiger partial charge in [-0.2, -0.15) is 5.10 Å². The van der Waals surface area contributed by atoms with Gasteiger partial charge in [0.25, 0.3) is 0 Å². The number of amides is 2. The Morgan fingerprint density at radius 3 is 2.60 bits per heavy atom. The van der Waals surface area contributed by atoms with Gasteiger partial charge in [0.1, 0.15) is 0 Å². The van der Waals surface area contributed by atoms with Crippen molar-refractivity contribution in [3.63, 3.8) is 0 Å². The molecule has 0 spiro atoms. The van der Waals surface area contributed by atoms with Gasteiger partial charge in [0.05, 0.1) is 17.5 Å². The molecule has 1 atom stereocenters. The highest BCUT2D eigenvalue weighted by molar-refractivity contribution is 5.73. The molecule has 1 aromatic carbocycles. The highest BCUT2D eigenvalue weighted by Gasteiger charge is 2.14. The molecule has 0 saturated heterocycles. The summed E-state index contributed by atoms with van der Waals surface area (Å²) in [5, 5.41) is 19.9. The van der Waals surface area contributed by atoms with Crippen LogP contribution in [0.3, 0.4) is 0 Å². The molecule has 136 valence electrons. The summed E-state index contributed by atoms with van der Waals surface area (Å²) in [4.78, 5) is 11.9. The largest absolute Gasteiger partial charge is 0.391 e. The van der Waals surface area contributed by atoms with E-state index in [0.717, 1.165) is 23.4 Å². The van der Waals surface area contributed by atoms with E-state index in [-0.39, 0.29) is 18.5 Å². The summed E-state index contributed by atoms with van der Waals surface area (Å²) >= 11 is 0. The molecular weight excluding hydrogens is 316 g/mol. The van der Waals surface area contributed by atoms with Crippen LogP contribution in [0.5, 0.6) is 0 Å². The molecule has 1 unspecified atom stereocenters. The van der Waals surface area contributed by atoms with Crippen LogP contribution in [0.15, 0.2) is 36.5 Å². The van der Waals surface area contributed by atoms with Gasteiger partial charge in [-0.25, -0.2) is 9.48 Å². The van der Waals surface area contributed by atoms with E-state index in [0.29, 0.717) is 13.0 Å². The van der Waals surface area contributed by atoms with Crippen LogP contribution in [-0.4, -0.2) is 33.6 Å². The van der Waals surface area contributed by atoms with Crippen molar-refractivity contribution in [1.29, 1.82) is 0 Å². The van der Waals surface area contributed by atoms with Crippen molar-refractivity contribution in [2.75, 3.05) is 6.54 Å². The van der Waals surface area contributed by atoms with Gasteiger partial charge in [0.15, 0.2) is 0 Å². The summed E-state index contributed by atoms with van der Waals surface area (Å²) in [7, 11) is 0. The van der Waals surface area contributed by atoms with Crippen molar-refractivity contribution in [2.45, 2.75) is 52.2 Å². The third kappa shape index (κ3) is 5.60. The number of aromatic nitrogens is 2. The molecule has 0 saturated carbocycles. The van der Waals surface area contributed by atoms with Gasteiger partial charge in [-0.15, -0.1) is 0 Å².